The predicted octanol–water partition coefficient (Wildman–Crippen LogP) is 1.47. The molecule has 0 spiro atoms. The lowest BCUT2D eigenvalue weighted by Crippen LogP contribution is -2.01. The van der Waals surface area contributed by atoms with E-state index in [9.17, 15) is 0 Å². The van der Waals surface area contributed by atoms with Gasteiger partial charge in [-0.05, 0) is 18.4 Å². The third-order valence-electron chi connectivity index (χ3n) is 1.31. The van der Waals surface area contributed by atoms with Crippen molar-refractivity contribution in [2.24, 2.45) is 5.73 Å². The molecule has 0 unspecified atom stereocenters. The first-order valence-electron chi connectivity index (χ1n) is 2.99. The summed E-state index contributed by atoms with van der Waals surface area (Å²) in [4.78, 5) is 0. The highest BCUT2D eigenvalue weighted by atomic mass is 14.5. The lowest BCUT2D eigenvalue weighted by molar-refractivity contribution is 0.995. The molecular formula is C7H13N. The molecule has 8 heavy (non-hydrogen) atoms. The summed E-state index contributed by atoms with van der Waals surface area (Å²) in [5, 5.41) is 0. The van der Waals surface area contributed by atoms with E-state index in [1.807, 2.05) is 0 Å². The summed E-state index contributed by atoms with van der Waals surface area (Å²) < 4.78 is 0. The molecular weight excluding hydrogens is 98.1 g/mol. The highest BCUT2D eigenvalue weighted by molar-refractivity contribution is 5.22. The van der Waals surface area contributed by atoms with Crippen LogP contribution in [0, 0.1) is 0 Å². The monoisotopic (exact) mass is 111 g/mol. The summed E-state index contributed by atoms with van der Waals surface area (Å²) in [6.07, 6.45) is 8.82. The van der Waals surface area contributed by atoms with Gasteiger partial charge in [0, 0.05) is 7.97 Å². The van der Waals surface area contributed by atoms with Crippen LogP contribution < -0.4 is 5.73 Å². The highest BCUT2D eigenvalue weighted by Crippen LogP contribution is 2.06. The van der Waals surface area contributed by atoms with Gasteiger partial charge in [0.05, 0.1) is 0 Å². The number of hydrogen-bond donors (Lipinski definition) is 1. The van der Waals surface area contributed by atoms with Crippen molar-refractivity contribution < 1.29 is 1.43 Å². The Bertz CT molecular complexity index is 127. The Morgan fingerprint density at radius 3 is 2.88 bits per heavy atom. The molecule has 0 amide bonds. The quantitative estimate of drug-likeness (QED) is 0.544. The van der Waals surface area contributed by atoms with E-state index >= 15 is 0 Å². The summed E-state index contributed by atoms with van der Waals surface area (Å²) >= 11 is 0. The van der Waals surface area contributed by atoms with Crippen LogP contribution in [0.5, 0.6) is 0 Å². The Labute approximate surface area is 51.4 Å². The number of nitrogens with two attached hydrogens (primary N) is 1. The third-order valence-corrected chi connectivity index (χ3v) is 1.31. The van der Waals surface area contributed by atoms with Gasteiger partial charge in [0.15, 0.2) is 0 Å². The molecule has 0 radical (unpaired) electrons. The first kappa shape index (κ1) is 5.57. The van der Waals surface area contributed by atoms with Gasteiger partial charge in [0.25, 0.3) is 0 Å². The normalized spacial score (nSPS) is 18.4. The van der Waals surface area contributed by atoms with Crippen molar-refractivity contribution in [3.8, 4) is 0 Å². The van der Waals surface area contributed by atoms with Crippen molar-refractivity contribution in [1.82, 2.24) is 0 Å². The zero-order valence-corrected chi connectivity index (χ0v) is 4.93. The summed E-state index contributed by atoms with van der Waals surface area (Å²) in [5.74, 6) is 0. The van der Waals surface area contributed by atoms with Gasteiger partial charge < -0.3 is 5.73 Å². The van der Waals surface area contributed by atoms with Crippen LogP contribution in [0.1, 0.15) is 14.3 Å². The first-order chi connectivity index (χ1) is 3.93. The average Bonchev–Trinajstić information content (AvgIpc) is 1.90. The van der Waals surface area contributed by atoms with Crippen LogP contribution in [-0.4, -0.2) is 6.54 Å². The predicted molar refractivity (Wildman–Crippen MR) is 37.6 cm³/mol. The highest BCUT2D eigenvalue weighted by Gasteiger charge is 1.91. The van der Waals surface area contributed by atoms with Crippen molar-refractivity contribution in [1.29, 1.82) is 0 Å². The largest absolute Gasteiger partial charge is 0.327 e. The van der Waals surface area contributed by atoms with E-state index in [4.69, 9.17) is 5.73 Å². The van der Waals surface area contributed by atoms with Crippen molar-refractivity contribution in [2.45, 2.75) is 12.8 Å². The molecule has 0 aromatic carbocycles. The first-order valence-corrected chi connectivity index (χ1v) is 2.99. The zero-order valence-electron chi connectivity index (χ0n) is 4.93. The summed E-state index contributed by atoms with van der Waals surface area (Å²) in [7, 11) is 0. The maximum absolute atomic E-state index is 5.38. The molecule has 1 aliphatic carbocycles. The van der Waals surface area contributed by atoms with Crippen LogP contribution in [0.15, 0.2) is 23.8 Å². The number of hydrogen-bond acceptors (Lipinski definition) is 1. The maximum atomic E-state index is 5.38. The Balaban J connectivity index is 0.000000640. The van der Waals surface area contributed by atoms with E-state index in [0.717, 1.165) is 0 Å². The molecule has 0 aromatic rings. The van der Waals surface area contributed by atoms with Gasteiger partial charge in [-0.15, -0.1) is 0 Å². The summed E-state index contributed by atoms with van der Waals surface area (Å²) in [6, 6.07) is 0. The van der Waals surface area contributed by atoms with Crippen LogP contribution in [0.4, 0.5) is 0 Å². The molecule has 0 fully saturated rings. The van der Waals surface area contributed by atoms with Crippen LogP contribution >= 0.6 is 0 Å². The fourth-order valence-corrected chi connectivity index (χ4v) is 0.819. The van der Waals surface area contributed by atoms with Gasteiger partial charge in [-0.1, -0.05) is 18.2 Å². The maximum Gasteiger partial charge on any atom is 0.0174 e. The minimum absolute atomic E-state index is 0. The molecule has 0 atom stereocenters. The van der Waals surface area contributed by atoms with Crippen molar-refractivity contribution in [3.05, 3.63) is 23.8 Å². The molecule has 0 saturated carbocycles. The number of rotatable bonds is 1. The van der Waals surface area contributed by atoms with E-state index < -0.39 is 0 Å². The van der Waals surface area contributed by atoms with Crippen molar-refractivity contribution in [2.75, 3.05) is 6.54 Å². The third kappa shape index (κ3) is 1.20. The minimum atomic E-state index is 0. The second kappa shape index (κ2) is 2.68. The topological polar surface area (TPSA) is 26.0 Å². The number of allylic oxidation sites excluding steroid dienone is 2. The van der Waals surface area contributed by atoms with Crippen LogP contribution in [0.2, 0.25) is 0 Å². The molecule has 0 saturated heterocycles. The Morgan fingerprint density at radius 1 is 1.62 bits per heavy atom. The van der Waals surface area contributed by atoms with E-state index in [1.54, 1.807) is 0 Å². The van der Waals surface area contributed by atoms with Crippen LogP contribution in [0.3, 0.4) is 0 Å². The lowest BCUT2D eigenvalue weighted by atomic mass is 10.1. The van der Waals surface area contributed by atoms with E-state index in [1.165, 1.54) is 18.4 Å². The van der Waals surface area contributed by atoms with E-state index in [0.29, 0.717) is 6.54 Å². The van der Waals surface area contributed by atoms with Gasteiger partial charge in [-0.3, -0.25) is 0 Å². The minimum Gasteiger partial charge on any atom is -0.327 e. The van der Waals surface area contributed by atoms with Crippen molar-refractivity contribution in [3.63, 3.8) is 0 Å². The lowest BCUT2D eigenvalue weighted by Gasteiger charge is -2.01. The van der Waals surface area contributed by atoms with Gasteiger partial charge in [-0.2, -0.15) is 0 Å². The fourth-order valence-electron chi connectivity index (χ4n) is 0.819. The Morgan fingerprint density at radius 2 is 2.50 bits per heavy atom. The van der Waals surface area contributed by atoms with E-state index in [-0.39, 0.29) is 1.43 Å². The van der Waals surface area contributed by atoms with Gasteiger partial charge in [0.2, 0.25) is 0 Å². The summed E-state index contributed by atoms with van der Waals surface area (Å²) in [6.45, 7) is 0.691. The van der Waals surface area contributed by atoms with Gasteiger partial charge >= 0.3 is 0 Å². The van der Waals surface area contributed by atoms with Gasteiger partial charge in [0.1, 0.15) is 0 Å². The van der Waals surface area contributed by atoms with Crippen LogP contribution in [0.25, 0.3) is 0 Å². The Kier molecular flexibility index (Phi) is 1.86. The molecule has 1 rings (SSSR count). The molecule has 1 nitrogen and oxygen atoms in total. The smallest absolute Gasteiger partial charge is 0.0174 e. The zero-order chi connectivity index (χ0) is 5.82. The molecule has 0 bridgehead atoms. The second-order valence-electron chi connectivity index (χ2n) is 1.96. The summed E-state index contributed by atoms with van der Waals surface area (Å²) in [5.41, 5.74) is 6.66. The SMILES string of the molecule is NCC1=CCCC=C1.[HH]. The van der Waals surface area contributed by atoms with Gasteiger partial charge in [-0.25, -0.2) is 0 Å². The molecule has 0 aromatic heterocycles. The van der Waals surface area contributed by atoms with E-state index in [2.05, 4.69) is 18.2 Å². The molecule has 0 heterocycles. The molecule has 1 aliphatic rings. The second-order valence-corrected chi connectivity index (χ2v) is 1.96. The fraction of sp³-hybridized carbons (Fsp3) is 0.429. The van der Waals surface area contributed by atoms with Crippen LogP contribution in [-0.2, 0) is 0 Å². The van der Waals surface area contributed by atoms with Crippen molar-refractivity contribution >= 4 is 0 Å². The Hall–Kier alpha value is -0.560. The average molecular weight is 111 g/mol. The molecule has 46 valence electrons. The standard InChI is InChI=1S/C7H11N.H2/c8-6-7-4-2-1-3-5-7;/h2,4-5H,1,3,6,8H2;1H. The molecule has 0 aliphatic heterocycles. The molecule has 1 heteroatoms. The molecule has 2 N–H and O–H groups in total.